The molecule has 4 N–H and O–H groups in total. The molecule has 2 aromatic carbocycles. The van der Waals surface area contributed by atoms with Crippen LogP contribution in [0.15, 0.2) is 42.5 Å². The molecular weight excluding hydrogens is 408 g/mol. The number of nitrogens with one attached hydrogen (secondary N) is 2. The van der Waals surface area contributed by atoms with Gasteiger partial charge in [0.05, 0.1) is 13.7 Å². The Bertz CT molecular complexity index is 924. The SMILES string of the molecule is CCOc1cc(OC2CCN(C)CC2)cc(C(Nc2ccc(C(=N)N)cc2)C(=O)OC)c1. The van der Waals surface area contributed by atoms with Crippen LogP contribution in [-0.4, -0.2) is 56.7 Å². The number of nitrogens with two attached hydrogens (primary N) is 1. The molecule has 2 aromatic rings. The van der Waals surface area contributed by atoms with Crippen LogP contribution in [0.25, 0.3) is 0 Å². The van der Waals surface area contributed by atoms with Crippen molar-refractivity contribution >= 4 is 17.5 Å². The zero-order valence-corrected chi connectivity index (χ0v) is 18.9. The molecule has 0 aromatic heterocycles. The maximum absolute atomic E-state index is 12.7. The largest absolute Gasteiger partial charge is 0.494 e. The number of methoxy groups -OCH3 is 1. The van der Waals surface area contributed by atoms with E-state index in [0.717, 1.165) is 25.9 Å². The summed E-state index contributed by atoms with van der Waals surface area (Å²) in [7, 11) is 3.47. The van der Waals surface area contributed by atoms with Crippen LogP contribution in [0.1, 0.15) is 36.9 Å². The standard InChI is InChI=1S/C24H32N4O4/c1-4-31-20-13-17(14-21(15-20)32-19-9-11-28(2)12-10-19)22(24(29)30-3)27-18-7-5-16(6-8-18)23(25)26/h5-8,13-15,19,22,27H,4,9-12H2,1-3H3,(H3,25,26). The quantitative estimate of drug-likeness (QED) is 0.312. The van der Waals surface area contributed by atoms with Gasteiger partial charge in [0.1, 0.15) is 23.4 Å². The number of carbonyl (C=O) groups excluding carboxylic acids is 1. The Hall–Kier alpha value is -3.26. The monoisotopic (exact) mass is 440 g/mol. The highest BCUT2D eigenvalue weighted by atomic mass is 16.5. The second-order valence-electron chi connectivity index (χ2n) is 7.88. The molecule has 1 aliphatic rings. The van der Waals surface area contributed by atoms with Crippen LogP contribution in [0.2, 0.25) is 0 Å². The van der Waals surface area contributed by atoms with Gasteiger partial charge in [-0.1, -0.05) is 0 Å². The van der Waals surface area contributed by atoms with Crippen molar-refractivity contribution in [3.63, 3.8) is 0 Å². The maximum atomic E-state index is 12.7. The summed E-state index contributed by atoms with van der Waals surface area (Å²) in [5.41, 5.74) is 7.52. The van der Waals surface area contributed by atoms with Crippen molar-refractivity contribution in [2.75, 3.05) is 39.2 Å². The molecule has 1 heterocycles. The average Bonchev–Trinajstić information content (AvgIpc) is 2.79. The Kier molecular flexibility index (Phi) is 7.94. The van der Waals surface area contributed by atoms with Crippen LogP contribution in [0.5, 0.6) is 11.5 Å². The summed E-state index contributed by atoms with van der Waals surface area (Å²) < 4.78 is 17.1. The van der Waals surface area contributed by atoms with Gasteiger partial charge in [0.25, 0.3) is 0 Å². The highest BCUT2D eigenvalue weighted by Gasteiger charge is 2.24. The van der Waals surface area contributed by atoms with Crippen molar-refractivity contribution in [3.8, 4) is 11.5 Å². The van der Waals surface area contributed by atoms with Crippen molar-refractivity contribution in [1.82, 2.24) is 4.90 Å². The number of carbonyl (C=O) groups is 1. The predicted octanol–water partition coefficient (Wildman–Crippen LogP) is 3.17. The Morgan fingerprint density at radius 1 is 1.19 bits per heavy atom. The number of likely N-dealkylation sites (tertiary alicyclic amines) is 1. The lowest BCUT2D eigenvalue weighted by molar-refractivity contribution is -0.141. The molecule has 1 fully saturated rings. The predicted molar refractivity (Wildman–Crippen MR) is 125 cm³/mol. The number of anilines is 1. The van der Waals surface area contributed by atoms with E-state index in [2.05, 4.69) is 17.3 Å². The molecule has 1 saturated heterocycles. The smallest absolute Gasteiger partial charge is 0.332 e. The summed E-state index contributed by atoms with van der Waals surface area (Å²) >= 11 is 0. The number of ether oxygens (including phenoxy) is 3. The van der Waals surface area contributed by atoms with E-state index in [0.29, 0.717) is 34.9 Å². The van der Waals surface area contributed by atoms with Gasteiger partial charge in [0.2, 0.25) is 0 Å². The molecule has 0 spiro atoms. The van der Waals surface area contributed by atoms with Crippen LogP contribution in [0, 0.1) is 5.41 Å². The normalized spacial score (nSPS) is 15.6. The molecule has 8 nitrogen and oxygen atoms in total. The van der Waals surface area contributed by atoms with E-state index in [1.165, 1.54) is 7.11 Å². The average molecular weight is 441 g/mol. The Morgan fingerprint density at radius 2 is 1.84 bits per heavy atom. The zero-order chi connectivity index (χ0) is 23.1. The Morgan fingerprint density at radius 3 is 2.44 bits per heavy atom. The highest BCUT2D eigenvalue weighted by Crippen LogP contribution is 2.31. The number of piperidine rings is 1. The van der Waals surface area contributed by atoms with E-state index in [4.69, 9.17) is 25.4 Å². The van der Waals surface area contributed by atoms with E-state index < -0.39 is 12.0 Å². The Labute approximate surface area is 189 Å². The number of nitrogens with zero attached hydrogens (tertiary/aromatic N) is 1. The number of amidine groups is 1. The number of esters is 1. The molecular formula is C24H32N4O4. The molecule has 1 atom stereocenters. The lowest BCUT2D eigenvalue weighted by atomic mass is 10.0. The molecule has 0 radical (unpaired) electrons. The molecule has 1 unspecified atom stereocenters. The molecule has 0 amide bonds. The summed E-state index contributed by atoms with van der Waals surface area (Å²) in [6.07, 6.45) is 2.03. The first-order valence-electron chi connectivity index (χ1n) is 10.8. The van der Waals surface area contributed by atoms with Gasteiger partial charge in [-0.3, -0.25) is 5.41 Å². The van der Waals surface area contributed by atoms with Crippen molar-refractivity contribution in [2.45, 2.75) is 31.9 Å². The topological polar surface area (TPSA) is 110 Å². The van der Waals surface area contributed by atoms with E-state index in [1.54, 1.807) is 24.3 Å². The fraction of sp³-hybridized carbons (Fsp3) is 0.417. The fourth-order valence-corrected chi connectivity index (χ4v) is 3.68. The van der Waals surface area contributed by atoms with E-state index in [-0.39, 0.29) is 11.9 Å². The molecule has 0 bridgehead atoms. The first-order valence-corrected chi connectivity index (χ1v) is 10.8. The summed E-state index contributed by atoms with van der Waals surface area (Å²) in [6.45, 7) is 4.40. The third kappa shape index (κ3) is 6.13. The third-order valence-electron chi connectivity index (χ3n) is 5.46. The number of rotatable bonds is 9. The van der Waals surface area contributed by atoms with E-state index in [9.17, 15) is 4.79 Å². The Balaban J connectivity index is 1.87. The third-order valence-corrected chi connectivity index (χ3v) is 5.46. The molecule has 0 saturated carbocycles. The minimum Gasteiger partial charge on any atom is -0.494 e. The zero-order valence-electron chi connectivity index (χ0n) is 18.9. The molecule has 0 aliphatic carbocycles. The maximum Gasteiger partial charge on any atom is 0.332 e. The van der Waals surface area contributed by atoms with Crippen LogP contribution in [0.4, 0.5) is 5.69 Å². The second-order valence-corrected chi connectivity index (χ2v) is 7.88. The van der Waals surface area contributed by atoms with Crippen molar-refractivity contribution in [1.29, 1.82) is 5.41 Å². The van der Waals surface area contributed by atoms with Gasteiger partial charge < -0.3 is 30.2 Å². The number of hydrogen-bond donors (Lipinski definition) is 3. The van der Waals surface area contributed by atoms with Crippen molar-refractivity contribution in [3.05, 3.63) is 53.6 Å². The van der Waals surface area contributed by atoms with Crippen molar-refractivity contribution in [2.24, 2.45) is 5.73 Å². The van der Waals surface area contributed by atoms with Gasteiger partial charge in [-0.05, 0) is 68.8 Å². The highest BCUT2D eigenvalue weighted by molar-refractivity contribution is 5.95. The van der Waals surface area contributed by atoms with Gasteiger partial charge in [-0.15, -0.1) is 0 Å². The van der Waals surface area contributed by atoms with Crippen LogP contribution < -0.4 is 20.5 Å². The molecule has 32 heavy (non-hydrogen) atoms. The number of benzene rings is 2. The van der Waals surface area contributed by atoms with E-state index in [1.807, 2.05) is 25.1 Å². The van der Waals surface area contributed by atoms with Gasteiger partial charge in [-0.2, -0.15) is 0 Å². The molecule has 3 rings (SSSR count). The molecule has 1 aliphatic heterocycles. The lowest BCUT2D eigenvalue weighted by Gasteiger charge is -2.29. The van der Waals surface area contributed by atoms with Gasteiger partial charge in [0.15, 0.2) is 6.04 Å². The molecule has 8 heteroatoms. The van der Waals surface area contributed by atoms with Crippen LogP contribution >= 0.6 is 0 Å². The molecule has 172 valence electrons. The minimum atomic E-state index is -0.761. The van der Waals surface area contributed by atoms with Gasteiger partial charge >= 0.3 is 5.97 Å². The first-order chi connectivity index (χ1) is 15.4. The summed E-state index contributed by atoms with van der Waals surface area (Å²) in [5, 5.41) is 10.8. The van der Waals surface area contributed by atoms with E-state index >= 15 is 0 Å². The number of nitrogen functional groups attached to an aromatic ring is 1. The second kappa shape index (κ2) is 10.9. The van der Waals surface area contributed by atoms with Crippen LogP contribution in [-0.2, 0) is 9.53 Å². The van der Waals surface area contributed by atoms with Gasteiger partial charge in [0, 0.05) is 30.4 Å². The van der Waals surface area contributed by atoms with Gasteiger partial charge in [-0.25, -0.2) is 4.79 Å². The summed E-state index contributed by atoms with van der Waals surface area (Å²) in [4.78, 5) is 15.0. The van der Waals surface area contributed by atoms with Crippen LogP contribution in [0.3, 0.4) is 0 Å². The summed E-state index contributed by atoms with van der Waals surface area (Å²) in [5.74, 6) is 0.861. The fourth-order valence-electron chi connectivity index (χ4n) is 3.68. The minimum absolute atomic E-state index is 0.0128. The number of hydrogen-bond acceptors (Lipinski definition) is 7. The van der Waals surface area contributed by atoms with Crippen molar-refractivity contribution < 1.29 is 19.0 Å². The first kappa shape index (κ1) is 23.4. The lowest BCUT2D eigenvalue weighted by Crippen LogP contribution is -2.35. The summed E-state index contributed by atoms with van der Waals surface area (Å²) in [6, 6.07) is 11.8.